The highest BCUT2D eigenvalue weighted by Gasteiger charge is 2.33. The topological polar surface area (TPSA) is 55.6 Å². The Hall–Kier alpha value is -2.49. The maximum Gasteiger partial charge on any atom is 0.225 e. The van der Waals surface area contributed by atoms with Crippen LogP contribution in [0.5, 0.6) is 5.75 Å². The number of ether oxygens (including phenoxy) is 1. The summed E-state index contributed by atoms with van der Waals surface area (Å²) in [7, 11) is 0. The van der Waals surface area contributed by atoms with Crippen molar-refractivity contribution in [3.05, 3.63) is 58.1 Å². The van der Waals surface area contributed by atoms with Gasteiger partial charge in [0.05, 0.1) is 12.0 Å². The minimum Gasteiger partial charge on any atom is -0.491 e. The summed E-state index contributed by atoms with van der Waals surface area (Å²) in [5.41, 5.74) is 12.9. The summed E-state index contributed by atoms with van der Waals surface area (Å²) in [5, 5.41) is 0. The molecule has 2 aromatic carbocycles. The smallest absolute Gasteiger partial charge is 0.225 e. The fraction of sp³-hybridized carbons (Fsp3) is 0.536. The van der Waals surface area contributed by atoms with Crippen LogP contribution in [0.2, 0.25) is 0 Å². The Morgan fingerprint density at radius 2 is 1.78 bits per heavy atom. The Morgan fingerprint density at radius 1 is 1.12 bits per heavy atom. The van der Waals surface area contributed by atoms with Gasteiger partial charge in [0.25, 0.3) is 0 Å². The number of nitrogens with zero attached hydrogens (tertiary/aromatic N) is 1. The van der Waals surface area contributed by atoms with E-state index in [0.717, 1.165) is 54.8 Å². The Balaban J connectivity index is 1.90. The van der Waals surface area contributed by atoms with E-state index in [1.807, 2.05) is 0 Å². The third kappa shape index (κ3) is 5.28. The van der Waals surface area contributed by atoms with Crippen LogP contribution < -0.4 is 15.4 Å². The number of hydrogen-bond acceptors (Lipinski definition) is 3. The fourth-order valence-electron chi connectivity index (χ4n) is 4.94. The maximum absolute atomic E-state index is 12.3. The van der Waals surface area contributed by atoms with Gasteiger partial charge >= 0.3 is 0 Å². The molecule has 4 heteroatoms. The Morgan fingerprint density at radius 3 is 2.34 bits per heavy atom. The lowest BCUT2D eigenvalue weighted by molar-refractivity contribution is -0.121. The molecule has 2 aromatic rings. The van der Waals surface area contributed by atoms with E-state index in [1.54, 1.807) is 0 Å². The first-order valence-corrected chi connectivity index (χ1v) is 11.9. The Bertz CT molecular complexity index is 951. The second kappa shape index (κ2) is 9.56. The van der Waals surface area contributed by atoms with E-state index in [9.17, 15) is 4.79 Å². The van der Waals surface area contributed by atoms with Crippen molar-refractivity contribution in [2.75, 3.05) is 11.4 Å². The van der Waals surface area contributed by atoms with Gasteiger partial charge in [-0.05, 0) is 97.5 Å². The lowest BCUT2D eigenvalue weighted by Crippen LogP contribution is -2.33. The third-order valence-corrected chi connectivity index (χ3v) is 6.71. The van der Waals surface area contributed by atoms with Crippen LogP contribution in [-0.4, -0.2) is 18.6 Å². The molecule has 1 aliphatic rings. The highest BCUT2D eigenvalue weighted by molar-refractivity contribution is 5.84. The summed E-state index contributed by atoms with van der Waals surface area (Å²) < 4.78 is 6.04. The number of carbonyl (C=O) groups is 1. The summed E-state index contributed by atoms with van der Waals surface area (Å²) in [6.07, 6.45) is 3.40. The van der Waals surface area contributed by atoms with E-state index in [0.29, 0.717) is 0 Å². The van der Waals surface area contributed by atoms with Crippen molar-refractivity contribution in [1.82, 2.24) is 0 Å². The van der Waals surface area contributed by atoms with Gasteiger partial charge in [-0.2, -0.15) is 0 Å². The first-order valence-electron chi connectivity index (χ1n) is 11.9. The van der Waals surface area contributed by atoms with Crippen molar-refractivity contribution in [3.63, 3.8) is 0 Å². The number of fused-ring (bicyclic) bond motifs is 1. The van der Waals surface area contributed by atoms with Crippen LogP contribution in [0.3, 0.4) is 0 Å². The molecule has 1 aliphatic heterocycles. The van der Waals surface area contributed by atoms with Crippen molar-refractivity contribution in [1.29, 1.82) is 0 Å². The second-order valence-corrected chi connectivity index (χ2v) is 10.5. The summed E-state index contributed by atoms with van der Waals surface area (Å²) in [4.78, 5) is 14.8. The average Bonchev–Trinajstić information content (AvgIpc) is 2.91. The molecule has 0 aromatic heterocycles. The van der Waals surface area contributed by atoms with Gasteiger partial charge in [0.1, 0.15) is 5.75 Å². The van der Waals surface area contributed by atoms with Gasteiger partial charge in [0.15, 0.2) is 0 Å². The van der Waals surface area contributed by atoms with Crippen molar-refractivity contribution >= 4 is 11.6 Å². The van der Waals surface area contributed by atoms with Gasteiger partial charge in [-0.15, -0.1) is 0 Å². The highest BCUT2D eigenvalue weighted by atomic mass is 16.5. The van der Waals surface area contributed by atoms with E-state index in [-0.39, 0.29) is 23.3 Å². The molecule has 0 spiro atoms. The second-order valence-electron chi connectivity index (χ2n) is 10.5. The lowest BCUT2D eigenvalue weighted by atomic mass is 9.73. The molecule has 32 heavy (non-hydrogen) atoms. The van der Waals surface area contributed by atoms with Crippen molar-refractivity contribution < 1.29 is 9.53 Å². The van der Waals surface area contributed by atoms with E-state index < -0.39 is 0 Å². The number of primary amides is 1. The van der Waals surface area contributed by atoms with Gasteiger partial charge < -0.3 is 15.4 Å². The van der Waals surface area contributed by atoms with Crippen molar-refractivity contribution in [2.45, 2.75) is 86.3 Å². The molecule has 3 rings (SSSR count). The van der Waals surface area contributed by atoms with Crippen LogP contribution in [0.4, 0.5) is 5.69 Å². The van der Waals surface area contributed by atoms with Crippen LogP contribution in [0.1, 0.15) is 81.2 Å². The van der Waals surface area contributed by atoms with Crippen LogP contribution in [0.25, 0.3) is 0 Å². The number of hydrogen-bond donors (Lipinski definition) is 1. The number of benzene rings is 2. The molecule has 4 nitrogen and oxygen atoms in total. The van der Waals surface area contributed by atoms with Crippen LogP contribution in [-0.2, 0) is 17.8 Å². The summed E-state index contributed by atoms with van der Waals surface area (Å²) >= 11 is 0. The molecule has 2 unspecified atom stereocenters. The fourth-order valence-corrected chi connectivity index (χ4v) is 4.94. The molecule has 0 aliphatic carbocycles. The van der Waals surface area contributed by atoms with E-state index in [4.69, 9.17) is 10.5 Å². The molecule has 0 radical (unpaired) electrons. The first-order chi connectivity index (χ1) is 15.0. The summed E-state index contributed by atoms with van der Waals surface area (Å²) in [6.45, 7) is 16.6. The molecule has 1 amide bonds. The normalized spacial score (nSPS) is 16.2. The number of aryl methyl sites for hydroxylation is 3. The molecule has 0 bridgehead atoms. The van der Waals surface area contributed by atoms with Crippen LogP contribution in [0.15, 0.2) is 30.3 Å². The van der Waals surface area contributed by atoms with Crippen molar-refractivity contribution in [2.24, 2.45) is 11.1 Å². The number of nitrogens with two attached hydrogens (primary N) is 1. The third-order valence-electron chi connectivity index (χ3n) is 6.71. The minimum absolute atomic E-state index is 0.223. The molecule has 0 saturated carbocycles. The predicted molar refractivity (Wildman–Crippen MR) is 134 cm³/mol. The van der Waals surface area contributed by atoms with Crippen LogP contribution in [0, 0.1) is 19.3 Å². The first kappa shape index (κ1) is 24.2. The summed E-state index contributed by atoms with van der Waals surface area (Å²) in [6, 6.07) is 11.0. The number of rotatable bonds is 6. The van der Waals surface area contributed by atoms with Gasteiger partial charge in [-0.1, -0.05) is 33.8 Å². The summed E-state index contributed by atoms with van der Waals surface area (Å²) in [5.74, 6) is 0.420. The SMILES string of the molecule is CCC(C)Oc1ccc2c(c1)CCCN(c1cc(C)c(C(C(N)=O)C(C)(C)C)c(C)c1)C2. The molecule has 2 atom stereocenters. The Labute approximate surface area is 194 Å². The minimum atomic E-state index is -0.301. The van der Waals surface area contributed by atoms with E-state index in [2.05, 4.69) is 83.7 Å². The molecular formula is C28H40N2O2. The maximum atomic E-state index is 12.3. The van der Waals surface area contributed by atoms with Crippen molar-refractivity contribution in [3.8, 4) is 5.75 Å². The molecule has 2 N–H and O–H groups in total. The molecule has 0 fully saturated rings. The largest absolute Gasteiger partial charge is 0.491 e. The zero-order valence-electron chi connectivity index (χ0n) is 20.9. The average molecular weight is 437 g/mol. The lowest BCUT2D eigenvalue weighted by Gasteiger charge is -2.32. The standard InChI is InChI=1S/C28H40N2O2/c1-8-20(4)32-24-12-11-22-17-30(13-9-10-21(22)16-24)23-14-18(2)25(19(3)15-23)26(27(29)31)28(5,6)7/h11-12,14-16,20,26H,8-10,13,17H2,1-7H3,(H2,29,31). The predicted octanol–water partition coefficient (Wildman–Crippen LogP) is 6.05. The van der Waals surface area contributed by atoms with E-state index in [1.165, 1.54) is 16.8 Å². The quantitative estimate of drug-likeness (QED) is 0.600. The molecule has 0 saturated heterocycles. The Kier molecular flexibility index (Phi) is 7.22. The number of amides is 1. The van der Waals surface area contributed by atoms with Gasteiger partial charge in [-0.25, -0.2) is 0 Å². The zero-order valence-corrected chi connectivity index (χ0v) is 20.9. The molecular weight excluding hydrogens is 396 g/mol. The molecule has 174 valence electrons. The monoisotopic (exact) mass is 436 g/mol. The van der Waals surface area contributed by atoms with Gasteiger partial charge in [0, 0.05) is 18.8 Å². The van der Waals surface area contributed by atoms with E-state index >= 15 is 0 Å². The molecule has 1 heterocycles. The number of carbonyl (C=O) groups excluding carboxylic acids is 1. The highest BCUT2D eigenvalue weighted by Crippen LogP contribution is 2.40. The van der Waals surface area contributed by atoms with Gasteiger partial charge in [0.2, 0.25) is 5.91 Å². The van der Waals surface area contributed by atoms with Crippen LogP contribution >= 0.6 is 0 Å². The number of anilines is 1. The zero-order chi connectivity index (χ0) is 23.6. The van der Waals surface area contributed by atoms with Gasteiger partial charge in [-0.3, -0.25) is 4.79 Å².